The quantitative estimate of drug-likeness (QED) is 0.795. The van der Waals surface area contributed by atoms with E-state index in [9.17, 15) is 4.79 Å². The molecule has 0 aliphatic carbocycles. The van der Waals surface area contributed by atoms with Crippen LogP contribution in [0.1, 0.15) is 22.4 Å². The van der Waals surface area contributed by atoms with Gasteiger partial charge in [0.25, 0.3) is 5.91 Å². The second kappa shape index (κ2) is 8.17. The Labute approximate surface area is 132 Å². The van der Waals surface area contributed by atoms with Gasteiger partial charge in [-0.05, 0) is 12.1 Å². The maximum absolute atomic E-state index is 12.0. The van der Waals surface area contributed by atoms with Crippen LogP contribution >= 0.6 is 23.1 Å². The van der Waals surface area contributed by atoms with Crippen LogP contribution in [0.3, 0.4) is 0 Å². The van der Waals surface area contributed by atoms with Crippen LogP contribution in [0, 0.1) is 0 Å². The van der Waals surface area contributed by atoms with E-state index in [1.807, 2.05) is 18.2 Å². The Kier molecular flexibility index (Phi) is 6.22. The standard InChI is InChI=1S/C15H18N2O2S2/c1-11(21-12-6-4-3-5-7-12)8-16-15(18)13-10-20-14(17-13)9-19-2/h3-7,10-11H,8-9H2,1-2H3,(H,16,18)/t11-/m1/s1. The van der Waals surface area contributed by atoms with Crippen molar-refractivity contribution in [2.24, 2.45) is 0 Å². The third kappa shape index (κ3) is 5.15. The number of thioether (sulfide) groups is 1. The second-order valence-corrected chi connectivity index (χ2v) is 6.97. The minimum absolute atomic E-state index is 0.130. The molecule has 0 saturated heterocycles. The van der Waals surface area contributed by atoms with Crippen LogP contribution in [-0.4, -0.2) is 29.8 Å². The van der Waals surface area contributed by atoms with Gasteiger partial charge in [-0.25, -0.2) is 4.98 Å². The van der Waals surface area contributed by atoms with Crippen LogP contribution in [0.4, 0.5) is 0 Å². The minimum atomic E-state index is -0.130. The van der Waals surface area contributed by atoms with Gasteiger partial charge >= 0.3 is 0 Å². The van der Waals surface area contributed by atoms with Crippen LogP contribution in [-0.2, 0) is 11.3 Å². The molecule has 0 aliphatic rings. The lowest BCUT2D eigenvalue weighted by Crippen LogP contribution is -2.29. The van der Waals surface area contributed by atoms with E-state index in [1.165, 1.54) is 16.2 Å². The van der Waals surface area contributed by atoms with Crippen molar-refractivity contribution in [3.05, 3.63) is 46.4 Å². The molecule has 1 N–H and O–H groups in total. The van der Waals surface area contributed by atoms with Gasteiger partial charge in [-0.15, -0.1) is 23.1 Å². The van der Waals surface area contributed by atoms with Gasteiger partial charge in [0.2, 0.25) is 0 Å². The number of aromatic nitrogens is 1. The molecule has 2 rings (SSSR count). The van der Waals surface area contributed by atoms with Crippen LogP contribution in [0.5, 0.6) is 0 Å². The largest absolute Gasteiger partial charge is 0.378 e. The molecular weight excluding hydrogens is 304 g/mol. The van der Waals surface area contributed by atoms with Gasteiger partial charge in [-0.2, -0.15) is 0 Å². The smallest absolute Gasteiger partial charge is 0.270 e. The number of hydrogen-bond donors (Lipinski definition) is 1. The number of carbonyl (C=O) groups excluding carboxylic acids is 1. The van der Waals surface area contributed by atoms with E-state index in [1.54, 1.807) is 24.3 Å². The van der Waals surface area contributed by atoms with E-state index < -0.39 is 0 Å². The number of nitrogens with one attached hydrogen (secondary N) is 1. The lowest BCUT2D eigenvalue weighted by Gasteiger charge is -2.11. The molecular formula is C15H18N2O2S2. The Bertz CT molecular complexity index is 572. The number of rotatable bonds is 7. The molecule has 0 unspecified atom stereocenters. The van der Waals surface area contributed by atoms with Gasteiger partial charge in [0.05, 0.1) is 6.61 Å². The molecule has 0 fully saturated rings. The average molecular weight is 322 g/mol. The normalized spacial score (nSPS) is 12.1. The Hall–Kier alpha value is -1.37. The number of carbonyl (C=O) groups is 1. The Morgan fingerprint density at radius 3 is 2.90 bits per heavy atom. The molecule has 0 radical (unpaired) electrons. The van der Waals surface area contributed by atoms with Crippen LogP contribution in [0.25, 0.3) is 0 Å². The number of amides is 1. The van der Waals surface area contributed by atoms with Crippen LogP contribution in [0.15, 0.2) is 40.6 Å². The van der Waals surface area contributed by atoms with E-state index in [0.29, 0.717) is 24.1 Å². The molecule has 0 bridgehead atoms. The maximum atomic E-state index is 12.0. The van der Waals surface area contributed by atoms with Crippen molar-refractivity contribution >= 4 is 29.0 Å². The molecule has 1 aromatic carbocycles. The van der Waals surface area contributed by atoms with Gasteiger partial charge in [0.1, 0.15) is 10.7 Å². The number of ether oxygens (including phenoxy) is 1. The molecule has 1 heterocycles. The third-order valence-corrected chi connectivity index (χ3v) is 4.62. The van der Waals surface area contributed by atoms with Gasteiger partial charge in [0.15, 0.2) is 0 Å². The predicted molar refractivity (Wildman–Crippen MR) is 86.9 cm³/mol. The molecule has 21 heavy (non-hydrogen) atoms. The Balaban J connectivity index is 1.80. The zero-order valence-corrected chi connectivity index (χ0v) is 13.7. The van der Waals surface area contributed by atoms with E-state index in [0.717, 1.165) is 5.01 Å². The van der Waals surface area contributed by atoms with Gasteiger partial charge in [0, 0.05) is 29.2 Å². The summed E-state index contributed by atoms with van der Waals surface area (Å²) in [6.07, 6.45) is 0. The van der Waals surface area contributed by atoms with Gasteiger partial charge in [-0.3, -0.25) is 4.79 Å². The van der Waals surface area contributed by atoms with Crippen molar-refractivity contribution in [2.45, 2.75) is 23.7 Å². The number of benzene rings is 1. The summed E-state index contributed by atoms with van der Waals surface area (Å²) >= 11 is 3.18. The van der Waals surface area contributed by atoms with E-state index >= 15 is 0 Å². The maximum Gasteiger partial charge on any atom is 0.270 e. The topological polar surface area (TPSA) is 51.2 Å². The third-order valence-electron chi connectivity index (χ3n) is 2.68. The summed E-state index contributed by atoms with van der Waals surface area (Å²) in [5.41, 5.74) is 0.462. The van der Waals surface area contributed by atoms with Crippen LogP contribution in [0.2, 0.25) is 0 Å². The van der Waals surface area contributed by atoms with E-state index in [-0.39, 0.29) is 5.91 Å². The fourth-order valence-corrected chi connectivity index (χ4v) is 3.39. The molecule has 0 aliphatic heterocycles. The van der Waals surface area contributed by atoms with Crippen molar-refractivity contribution in [3.8, 4) is 0 Å². The molecule has 6 heteroatoms. The fourth-order valence-electron chi connectivity index (χ4n) is 1.70. The van der Waals surface area contributed by atoms with Crippen molar-refractivity contribution in [1.29, 1.82) is 0 Å². The van der Waals surface area contributed by atoms with Crippen molar-refractivity contribution in [1.82, 2.24) is 10.3 Å². The molecule has 1 aromatic heterocycles. The molecule has 0 spiro atoms. The van der Waals surface area contributed by atoms with Gasteiger partial charge < -0.3 is 10.1 Å². The first-order valence-electron chi connectivity index (χ1n) is 6.62. The summed E-state index contributed by atoms with van der Waals surface area (Å²) in [5, 5.41) is 5.79. The van der Waals surface area contributed by atoms with Crippen molar-refractivity contribution in [3.63, 3.8) is 0 Å². The fraction of sp³-hybridized carbons (Fsp3) is 0.333. The summed E-state index contributed by atoms with van der Waals surface area (Å²) < 4.78 is 5.00. The molecule has 2 aromatic rings. The summed E-state index contributed by atoms with van der Waals surface area (Å²) in [7, 11) is 1.61. The summed E-state index contributed by atoms with van der Waals surface area (Å²) in [4.78, 5) is 17.4. The first-order valence-corrected chi connectivity index (χ1v) is 8.38. The number of nitrogens with zero attached hydrogens (tertiary/aromatic N) is 1. The number of thiazole rings is 1. The minimum Gasteiger partial charge on any atom is -0.378 e. The van der Waals surface area contributed by atoms with E-state index in [4.69, 9.17) is 4.74 Å². The first kappa shape index (κ1) is 16.0. The summed E-state index contributed by atoms with van der Waals surface area (Å²) in [6.45, 7) is 3.14. The second-order valence-electron chi connectivity index (χ2n) is 4.51. The highest BCUT2D eigenvalue weighted by Gasteiger charge is 2.12. The predicted octanol–water partition coefficient (Wildman–Crippen LogP) is 3.20. The zero-order chi connectivity index (χ0) is 15.1. The molecule has 1 atom stereocenters. The first-order chi connectivity index (χ1) is 10.2. The zero-order valence-electron chi connectivity index (χ0n) is 12.0. The molecule has 1 amide bonds. The van der Waals surface area contributed by atoms with Crippen molar-refractivity contribution in [2.75, 3.05) is 13.7 Å². The summed E-state index contributed by atoms with van der Waals surface area (Å²) in [6, 6.07) is 10.2. The van der Waals surface area contributed by atoms with Gasteiger partial charge in [-0.1, -0.05) is 25.1 Å². The Morgan fingerprint density at radius 2 is 2.19 bits per heavy atom. The summed E-state index contributed by atoms with van der Waals surface area (Å²) in [5.74, 6) is -0.130. The Morgan fingerprint density at radius 1 is 1.43 bits per heavy atom. The number of hydrogen-bond acceptors (Lipinski definition) is 5. The highest BCUT2D eigenvalue weighted by atomic mass is 32.2. The lowest BCUT2D eigenvalue weighted by atomic mass is 10.4. The van der Waals surface area contributed by atoms with Crippen molar-refractivity contribution < 1.29 is 9.53 Å². The number of methoxy groups -OCH3 is 1. The van der Waals surface area contributed by atoms with Crippen LogP contribution < -0.4 is 5.32 Å². The lowest BCUT2D eigenvalue weighted by molar-refractivity contribution is 0.0949. The van der Waals surface area contributed by atoms with E-state index in [2.05, 4.69) is 29.4 Å². The molecule has 112 valence electrons. The highest BCUT2D eigenvalue weighted by Crippen LogP contribution is 2.22. The monoisotopic (exact) mass is 322 g/mol. The SMILES string of the molecule is COCc1nc(C(=O)NC[C@@H](C)Sc2ccccc2)cs1. The average Bonchev–Trinajstić information content (AvgIpc) is 2.95. The molecule has 4 nitrogen and oxygen atoms in total. The molecule has 0 saturated carbocycles. The highest BCUT2D eigenvalue weighted by molar-refractivity contribution is 8.00.